The summed E-state index contributed by atoms with van der Waals surface area (Å²) in [5.41, 5.74) is 0. The van der Waals surface area contributed by atoms with Crippen molar-refractivity contribution in [1.82, 2.24) is 0 Å². The zero-order valence-corrected chi connectivity index (χ0v) is 14.9. The molecule has 0 aromatic carbocycles. The van der Waals surface area contributed by atoms with E-state index in [2.05, 4.69) is 0 Å². The van der Waals surface area contributed by atoms with Crippen molar-refractivity contribution in [3.05, 3.63) is 0 Å². The average molecular weight is 152 g/mol. The molecule has 0 aliphatic heterocycles. The summed E-state index contributed by atoms with van der Waals surface area (Å²) in [5.74, 6) is 0. The van der Waals surface area contributed by atoms with E-state index < -0.39 is 0 Å². The molecule has 0 saturated carbocycles. The Balaban J connectivity index is -0.00000000750. The van der Waals surface area contributed by atoms with Crippen LogP contribution in [-0.2, 0) is 0 Å². The largest absolute Gasteiger partial charge is 0.396 e. The summed E-state index contributed by atoms with van der Waals surface area (Å²) >= 11 is 0. The van der Waals surface area contributed by atoms with Crippen LogP contribution < -0.4 is 0 Å². The van der Waals surface area contributed by atoms with E-state index in [1.807, 2.05) is 6.92 Å². The SMILES string of the molecule is CCCO.[Na].[Na].[Na].[Na]. The van der Waals surface area contributed by atoms with E-state index in [4.69, 9.17) is 5.11 Å². The van der Waals surface area contributed by atoms with Crippen LogP contribution in [0.15, 0.2) is 0 Å². The Morgan fingerprint density at radius 3 is 1.12 bits per heavy atom. The maximum absolute atomic E-state index is 7.88. The summed E-state index contributed by atoms with van der Waals surface area (Å²) in [6, 6.07) is 0. The van der Waals surface area contributed by atoms with Gasteiger partial charge in [0, 0.05) is 125 Å². The molecule has 0 amide bonds. The van der Waals surface area contributed by atoms with Gasteiger partial charge >= 0.3 is 0 Å². The summed E-state index contributed by atoms with van der Waals surface area (Å²) in [4.78, 5) is 0. The van der Waals surface area contributed by atoms with Gasteiger partial charge in [0.25, 0.3) is 0 Å². The molecule has 0 saturated heterocycles. The van der Waals surface area contributed by atoms with Crippen LogP contribution in [0.3, 0.4) is 0 Å². The van der Waals surface area contributed by atoms with Crippen LogP contribution in [0.5, 0.6) is 0 Å². The fourth-order valence-corrected chi connectivity index (χ4v) is 0. The summed E-state index contributed by atoms with van der Waals surface area (Å²) in [5, 5.41) is 7.88. The van der Waals surface area contributed by atoms with Crippen molar-refractivity contribution in [2.24, 2.45) is 0 Å². The summed E-state index contributed by atoms with van der Waals surface area (Å²) in [7, 11) is 0. The normalized spacial score (nSPS) is 3.75. The fourth-order valence-electron chi connectivity index (χ4n) is 0. The quantitative estimate of drug-likeness (QED) is 0.471. The van der Waals surface area contributed by atoms with E-state index in [1.165, 1.54) is 0 Å². The zero-order valence-electron chi connectivity index (χ0n) is 6.86. The van der Waals surface area contributed by atoms with Gasteiger partial charge in [-0.15, -0.1) is 0 Å². The second-order valence-corrected chi connectivity index (χ2v) is 0.724. The van der Waals surface area contributed by atoms with Crippen molar-refractivity contribution in [1.29, 1.82) is 0 Å². The van der Waals surface area contributed by atoms with E-state index in [0.29, 0.717) is 6.61 Å². The molecular weight excluding hydrogens is 144 g/mol. The molecule has 1 N–H and O–H groups in total. The first-order chi connectivity index (χ1) is 1.91. The van der Waals surface area contributed by atoms with Gasteiger partial charge < -0.3 is 5.11 Å². The van der Waals surface area contributed by atoms with Crippen molar-refractivity contribution in [2.45, 2.75) is 13.3 Å². The molecule has 5 heteroatoms. The number of aliphatic hydroxyl groups is 1. The Kier molecular flexibility index (Phi) is 113. The third kappa shape index (κ3) is 32.5. The average Bonchev–Trinajstić information content (AvgIpc) is 1.37. The minimum atomic E-state index is 0. The molecule has 0 atom stereocenters. The van der Waals surface area contributed by atoms with Gasteiger partial charge in [0.15, 0.2) is 0 Å². The summed E-state index contributed by atoms with van der Waals surface area (Å²) in [6.07, 6.45) is 0.875. The van der Waals surface area contributed by atoms with Gasteiger partial charge in [-0.25, -0.2) is 0 Å². The topological polar surface area (TPSA) is 20.2 Å². The van der Waals surface area contributed by atoms with Gasteiger partial charge in [-0.2, -0.15) is 0 Å². The van der Waals surface area contributed by atoms with Crippen molar-refractivity contribution < 1.29 is 5.11 Å². The van der Waals surface area contributed by atoms with Crippen LogP contribution >= 0.6 is 0 Å². The maximum atomic E-state index is 7.88. The molecule has 0 heterocycles. The first-order valence-corrected chi connectivity index (χ1v) is 1.52. The van der Waals surface area contributed by atoms with Gasteiger partial charge in [-0.1, -0.05) is 6.92 Å². The fraction of sp³-hybridized carbons (Fsp3) is 1.00. The molecular formula is C3H8Na4O. The first kappa shape index (κ1) is 29.7. The van der Waals surface area contributed by atoms with Crippen LogP contribution in [0.2, 0.25) is 0 Å². The van der Waals surface area contributed by atoms with Crippen LogP contribution in [0.25, 0.3) is 0 Å². The molecule has 30 valence electrons. The number of hydrogen-bond donors (Lipinski definition) is 1. The van der Waals surface area contributed by atoms with E-state index in [-0.39, 0.29) is 118 Å². The second kappa shape index (κ2) is 30.6. The molecule has 8 heavy (non-hydrogen) atoms. The predicted octanol–water partition coefficient (Wildman–Crippen LogP) is -1.13. The molecule has 0 aliphatic carbocycles. The third-order valence-corrected chi connectivity index (χ3v) is 0.224. The number of rotatable bonds is 1. The van der Waals surface area contributed by atoms with E-state index >= 15 is 0 Å². The van der Waals surface area contributed by atoms with Crippen molar-refractivity contribution in [2.75, 3.05) is 6.61 Å². The van der Waals surface area contributed by atoms with Crippen LogP contribution in [0.1, 0.15) is 13.3 Å². The van der Waals surface area contributed by atoms with Gasteiger partial charge in [0.05, 0.1) is 0 Å². The second-order valence-electron chi connectivity index (χ2n) is 0.724. The molecule has 0 rings (SSSR count). The van der Waals surface area contributed by atoms with Crippen LogP contribution in [-0.4, -0.2) is 130 Å². The standard InChI is InChI=1S/C3H8O.4Na/c1-2-3-4;;;;/h4H,2-3H2,1H3;;;;. The molecule has 0 aliphatic rings. The number of hydrogen-bond acceptors (Lipinski definition) is 1. The maximum Gasteiger partial charge on any atom is 0.0428 e. The van der Waals surface area contributed by atoms with E-state index in [9.17, 15) is 0 Å². The summed E-state index contributed by atoms with van der Waals surface area (Å²) < 4.78 is 0. The van der Waals surface area contributed by atoms with Gasteiger partial charge in [-0.3, -0.25) is 0 Å². The molecule has 0 aromatic rings. The van der Waals surface area contributed by atoms with Crippen molar-refractivity contribution >= 4 is 118 Å². The Bertz CT molecular complexity index is 13.2. The summed E-state index contributed by atoms with van der Waals surface area (Å²) in [6.45, 7) is 2.25. The van der Waals surface area contributed by atoms with E-state index in [0.717, 1.165) is 6.42 Å². The molecule has 0 fully saturated rings. The Morgan fingerprint density at radius 2 is 1.12 bits per heavy atom. The monoisotopic (exact) mass is 152 g/mol. The van der Waals surface area contributed by atoms with Crippen LogP contribution in [0, 0.1) is 0 Å². The minimum absolute atomic E-state index is 0. The molecule has 0 aromatic heterocycles. The van der Waals surface area contributed by atoms with Gasteiger partial charge in [0.2, 0.25) is 0 Å². The first-order valence-electron chi connectivity index (χ1n) is 1.52. The van der Waals surface area contributed by atoms with Crippen LogP contribution in [0.4, 0.5) is 0 Å². The Hall–Kier alpha value is 3.96. The Labute approximate surface area is 140 Å². The number of aliphatic hydroxyl groups excluding tert-OH is 1. The smallest absolute Gasteiger partial charge is 0.0428 e. The predicted molar refractivity (Wildman–Crippen MR) is 40.4 cm³/mol. The minimum Gasteiger partial charge on any atom is -0.396 e. The van der Waals surface area contributed by atoms with Crippen molar-refractivity contribution in [3.63, 3.8) is 0 Å². The van der Waals surface area contributed by atoms with Gasteiger partial charge in [-0.05, 0) is 6.42 Å². The molecule has 1 nitrogen and oxygen atoms in total. The third-order valence-electron chi connectivity index (χ3n) is 0.224. The molecule has 0 unspecified atom stereocenters. The van der Waals surface area contributed by atoms with Crippen molar-refractivity contribution in [3.8, 4) is 0 Å². The van der Waals surface area contributed by atoms with E-state index in [1.54, 1.807) is 0 Å². The zero-order chi connectivity index (χ0) is 3.41. The Morgan fingerprint density at radius 1 is 1.00 bits per heavy atom. The molecule has 0 spiro atoms. The van der Waals surface area contributed by atoms with Gasteiger partial charge in [0.1, 0.15) is 0 Å². The molecule has 4 radical (unpaired) electrons. The molecule has 0 bridgehead atoms.